The average molecular weight is 277 g/mol. The molecular formula is C14H15NO5. The van der Waals surface area contributed by atoms with Crippen LogP contribution in [-0.2, 0) is 14.3 Å². The summed E-state index contributed by atoms with van der Waals surface area (Å²) in [4.78, 5) is 32.6. The van der Waals surface area contributed by atoms with E-state index in [1.54, 1.807) is 0 Å². The molecule has 6 heteroatoms. The van der Waals surface area contributed by atoms with E-state index in [0.717, 1.165) is 6.08 Å². The van der Waals surface area contributed by atoms with Gasteiger partial charge in [-0.2, -0.15) is 0 Å². The topological polar surface area (TPSA) is 82.0 Å². The molecule has 1 aromatic carbocycles. The van der Waals surface area contributed by atoms with E-state index in [1.165, 1.54) is 24.3 Å². The number of nitroso groups, excluding NO2 is 1. The number of unbranched alkanes of at least 4 members (excludes halogenated alkanes) is 1. The Morgan fingerprint density at radius 3 is 2.25 bits per heavy atom. The molecule has 20 heavy (non-hydrogen) atoms. The fraction of sp³-hybridized carbons (Fsp3) is 0.286. The highest BCUT2D eigenvalue weighted by Crippen LogP contribution is 2.13. The van der Waals surface area contributed by atoms with Gasteiger partial charge in [0.2, 0.25) is 0 Å². The number of nitrogens with zero attached hydrogens (tertiary/aromatic N) is 1. The summed E-state index contributed by atoms with van der Waals surface area (Å²) in [5, 5.41) is 2.74. The van der Waals surface area contributed by atoms with Crippen LogP contribution < -0.4 is 0 Å². The molecule has 0 aliphatic carbocycles. The van der Waals surface area contributed by atoms with E-state index >= 15 is 0 Å². The minimum absolute atomic E-state index is 0.234. The predicted octanol–water partition coefficient (Wildman–Crippen LogP) is 2.75. The van der Waals surface area contributed by atoms with Crippen LogP contribution in [0.2, 0.25) is 0 Å². The van der Waals surface area contributed by atoms with Gasteiger partial charge >= 0.3 is 11.9 Å². The van der Waals surface area contributed by atoms with Crippen LogP contribution >= 0.6 is 0 Å². The Labute approximate surface area is 116 Å². The molecule has 0 atom stereocenters. The normalized spacial score (nSPS) is 9.60. The van der Waals surface area contributed by atoms with E-state index in [9.17, 15) is 14.5 Å². The molecule has 106 valence electrons. The van der Waals surface area contributed by atoms with Gasteiger partial charge in [0, 0.05) is 6.08 Å². The molecule has 0 heterocycles. The van der Waals surface area contributed by atoms with Gasteiger partial charge in [-0.3, -0.25) is 0 Å². The van der Waals surface area contributed by atoms with Crippen molar-refractivity contribution in [3.05, 3.63) is 47.4 Å². The minimum Gasteiger partial charge on any atom is -0.463 e. The zero-order valence-corrected chi connectivity index (χ0v) is 10.9. The lowest BCUT2D eigenvalue weighted by molar-refractivity contribution is -0.137. The summed E-state index contributed by atoms with van der Waals surface area (Å²) in [5.41, 5.74) is 0.612. The summed E-state index contributed by atoms with van der Waals surface area (Å²) < 4.78 is 9.80. The molecule has 0 unspecified atom stereocenters. The highest BCUT2D eigenvalue weighted by molar-refractivity contribution is 5.89. The van der Waals surface area contributed by atoms with Crippen molar-refractivity contribution in [3.8, 4) is 0 Å². The van der Waals surface area contributed by atoms with Crippen molar-refractivity contribution < 1.29 is 19.1 Å². The third-order valence-corrected chi connectivity index (χ3v) is 2.39. The molecule has 1 aromatic rings. The summed E-state index contributed by atoms with van der Waals surface area (Å²) in [6.07, 6.45) is 2.28. The second-order valence-electron chi connectivity index (χ2n) is 3.85. The summed E-state index contributed by atoms with van der Waals surface area (Å²) >= 11 is 0. The molecule has 0 aromatic heterocycles. The Kier molecular flexibility index (Phi) is 6.67. The van der Waals surface area contributed by atoms with Gasteiger partial charge in [-0.25, -0.2) is 9.59 Å². The van der Waals surface area contributed by atoms with Crippen molar-refractivity contribution in [3.63, 3.8) is 0 Å². The molecule has 0 radical (unpaired) electrons. The fourth-order valence-electron chi connectivity index (χ4n) is 1.34. The first-order chi connectivity index (χ1) is 9.67. The third kappa shape index (κ3) is 5.43. The molecule has 0 N–H and O–H groups in total. The summed E-state index contributed by atoms with van der Waals surface area (Å²) in [5.74, 6) is -0.934. The van der Waals surface area contributed by atoms with Crippen molar-refractivity contribution >= 4 is 17.6 Å². The van der Waals surface area contributed by atoms with Gasteiger partial charge in [0.15, 0.2) is 0 Å². The highest BCUT2D eigenvalue weighted by atomic mass is 16.5. The number of hydrogen-bond acceptors (Lipinski definition) is 6. The van der Waals surface area contributed by atoms with Crippen molar-refractivity contribution in [2.45, 2.75) is 12.8 Å². The van der Waals surface area contributed by atoms with E-state index in [4.69, 9.17) is 9.47 Å². The van der Waals surface area contributed by atoms with Crippen LogP contribution in [0.5, 0.6) is 0 Å². The molecule has 0 amide bonds. The first-order valence-electron chi connectivity index (χ1n) is 6.07. The number of carbonyl (C=O) groups excluding carboxylic acids is 2. The monoisotopic (exact) mass is 277 g/mol. The molecular weight excluding hydrogens is 262 g/mol. The Morgan fingerprint density at radius 1 is 1.10 bits per heavy atom. The number of benzene rings is 1. The maximum atomic E-state index is 11.6. The number of esters is 2. The van der Waals surface area contributed by atoms with Crippen molar-refractivity contribution in [2.75, 3.05) is 13.2 Å². The summed E-state index contributed by atoms with van der Waals surface area (Å²) in [6, 6.07) is 5.84. The van der Waals surface area contributed by atoms with Gasteiger partial charge in [0.05, 0.1) is 18.8 Å². The lowest BCUT2D eigenvalue weighted by Crippen LogP contribution is -2.08. The summed E-state index contributed by atoms with van der Waals surface area (Å²) in [7, 11) is 0. The maximum absolute atomic E-state index is 11.6. The van der Waals surface area contributed by atoms with Gasteiger partial charge in [-0.1, -0.05) is 6.58 Å². The van der Waals surface area contributed by atoms with Crippen LogP contribution in [0.25, 0.3) is 0 Å². The van der Waals surface area contributed by atoms with E-state index in [0.29, 0.717) is 18.4 Å². The summed E-state index contributed by atoms with van der Waals surface area (Å²) in [6.45, 7) is 3.77. The smallest absolute Gasteiger partial charge is 0.338 e. The lowest BCUT2D eigenvalue weighted by atomic mass is 10.2. The number of ether oxygens (including phenoxy) is 2. The zero-order chi connectivity index (χ0) is 14.8. The van der Waals surface area contributed by atoms with E-state index in [2.05, 4.69) is 11.8 Å². The largest absolute Gasteiger partial charge is 0.463 e. The second kappa shape index (κ2) is 8.58. The first kappa shape index (κ1) is 15.6. The van der Waals surface area contributed by atoms with Crippen LogP contribution in [-0.4, -0.2) is 25.2 Å². The molecule has 0 saturated heterocycles. The van der Waals surface area contributed by atoms with Crippen LogP contribution in [0.3, 0.4) is 0 Å². The molecule has 0 spiro atoms. The van der Waals surface area contributed by atoms with Gasteiger partial charge in [0.25, 0.3) is 0 Å². The third-order valence-electron chi connectivity index (χ3n) is 2.39. The van der Waals surface area contributed by atoms with Crippen molar-refractivity contribution in [2.24, 2.45) is 5.18 Å². The molecule has 1 rings (SSSR count). The number of carbonyl (C=O) groups is 2. The number of hydrogen-bond donors (Lipinski definition) is 0. The fourth-order valence-corrected chi connectivity index (χ4v) is 1.34. The van der Waals surface area contributed by atoms with E-state index in [1.807, 2.05) is 0 Å². The van der Waals surface area contributed by atoms with Crippen LogP contribution in [0.15, 0.2) is 42.1 Å². The second-order valence-corrected chi connectivity index (χ2v) is 3.85. The SMILES string of the molecule is C=CC(=O)OCCCCOC(=O)c1ccc(N=O)cc1. The van der Waals surface area contributed by atoms with Gasteiger partial charge < -0.3 is 9.47 Å². The molecule has 0 saturated carbocycles. The predicted molar refractivity (Wildman–Crippen MR) is 72.6 cm³/mol. The van der Waals surface area contributed by atoms with Gasteiger partial charge in [0.1, 0.15) is 5.69 Å². The molecule has 0 fully saturated rings. The van der Waals surface area contributed by atoms with Crippen LogP contribution in [0, 0.1) is 4.91 Å². The minimum atomic E-state index is -0.467. The average Bonchev–Trinajstić information content (AvgIpc) is 2.50. The molecule has 0 aliphatic heterocycles. The highest BCUT2D eigenvalue weighted by Gasteiger charge is 2.06. The van der Waals surface area contributed by atoms with Crippen LogP contribution in [0.1, 0.15) is 23.2 Å². The van der Waals surface area contributed by atoms with Crippen molar-refractivity contribution in [1.82, 2.24) is 0 Å². The quantitative estimate of drug-likeness (QED) is 0.316. The van der Waals surface area contributed by atoms with Crippen LogP contribution in [0.4, 0.5) is 5.69 Å². The zero-order valence-electron chi connectivity index (χ0n) is 10.9. The van der Waals surface area contributed by atoms with Crippen molar-refractivity contribution in [1.29, 1.82) is 0 Å². The number of rotatable bonds is 8. The molecule has 6 nitrogen and oxygen atoms in total. The Hall–Kier alpha value is -2.50. The van der Waals surface area contributed by atoms with Gasteiger partial charge in [-0.05, 0) is 42.3 Å². The van der Waals surface area contributed by atoms with E-state index < -0.39 is 11.9 Å². The Bertz CT molecular complexity index is 481. The Morgan fingerprint density at radius 2 is 1.70 bits per heavy atom. The lowest BCUT2D eigenvalue weighted by Gasteiger charge is -2.05. The Balaban J connectivity index is 2.21. The maximum Gasteiger partial charge on any atom is 0.338 e. The van der Waals surface area contributed by atoms with Gasteiger partial charge in [-0.15, -0.1) is 4.91 Å². The molecule has 0 aliphatic rings. The standard InChI is InChI=1S/C14H15NO5/c1-2-13(16)19-9-3-4-10-20-14(17)11-5-7-12(15-18)8-6-11/h2,5-8H,1,3-4,9-10H2. The first-order valence-corrected chi connectivity index (χ1v) is 6.07. The van der Waals surface area contributed by atoms with E-state index in [-0.39, 0.29) is 18.9 Å². The molecule has 0 bridgehead atoms.